The molecular weight excluding hydrogens is 182 g/mol. The number of pyridine rings is 1. The van der Waals surface area contributed by atoms with Crippen molar-refractivity contribution in [2.24, 2.45) is 0 Å². The average molecular weight is 197 g/mol. The van der Waals surface area contributed by atoms with Crippen LogP contribution in [0.5, 0.6) is 0 Å². The molecule has 0 radical (unpaired) electrons. The third-order valence-electron chi connectivity index (χ3n) is 1.84. The van der Waals surface area contributed by atoms with Gasteiger partial charge in [-0.1, -0.05) is 19.9 Å². The first kappa shape index (κ1) is 10.5. The summed E-state index contributed by atoms with van der Waals surface area (Å²) in [5.41, 5.74) is 0.744. The van der Waals surface area contributed by atoms with Gasteiger partial charge in [-0.15, -0.1) is 11.8 Å². The summed E-state index contributed by atoms with van der Waals surface area (Å²) in [5.74, 6) is 0. The van der Waals surface area contributed by atoms with Crippen LogP contribution < -0.4 is 0 Å². The minimum atomic E-state index is 0.0227. The van der Waals surface area contributed by atoms with E-state index < -0.39 is 0 Å². The van der Waals surface area contributed by atoms with Gasteiger partial charge < -0.3 is 5.11 Å². The van der Waals surface area contributed by atoms with Gasteiger partial charge >= 0.3 is 0 Å². The summed E-state index contributed by atoms with van der Waals surface area (Å²) in [6, 6.07) is 5.75. The molecule has 0 unspecified atom stereocenters. The molecule has 0 aliphatic carbocycles. The first-order valence-corrected chi connectivity index (χ1v) is 5.37. The minimum Gasteiger partial charge on any atom is -0.390 e. The van der Waals surface area contributed by atoms with E-state index in [1.807, 2.05) is 18.2 Å². The first-order chi connectivity index (χ1) is 6.26. The fraction of sp³-hybridized carbons (Fsp3) is 0.500. The van der Waals surface area contributed by atoms with Crippen molar-refractivity contribution in [3.8, 4) is 0 Å². The second kappa shape index (κ2) is 5.25. The van der Waals surface area contributed by atoms with Gasteiger partial charge in [-0.2, -0.15) is 0 Å². The fourth-order valence-electron chi connectivity index (χ4n) is 0.901. The Morgan fingerprint density at radius 2 is 2.31 bits per heavy atom. The predicted molar refractivity (Wildman–Crippen MR) is 55.8 cm³/mol. The molecule has 1 rings (SSSR count). The number of aliphatic hydroxyl groups is 1. The van der Waals surface area contributed by atoms with Gasteiger partial charge in [0.1, 0.15) is 0 Å². The summed E-state index contributed by atoms with van der Waals surface area (Å²) < 4.78 is 0. The van der Waals surface area contributed by atoms with Crippen LogP contribution >= 0.6 is 11.8 Å². The van der Waals surface area contributed by atoms with Crippen LogP contribution in [0.15, 0.2) is 23.2 Å². The number of hydrogen-bond acceptors (Lipinski definition) is 3. The van der Waals surface area contributed by atoms with Gasteiger partial charge in [0.05, 0.1) is 17.3 Å². The topological polar surface area (TPSA) is 33.1 Å². The van der Waals surface area contributed by atoms with E-state index >= 15 is 0 Å². The molecule has 13 heavy (non-hydrogen) atoms. The normalized spacial score (nSPS) is 12.8. The van der Waals surface area contributed by atoms with Crippen molar-refractivity contribution in [1.82, 2.24) is 4.98 Å². The number of rotatable bonds is 4. The van der Waals surface area contributed by atoms with Crippen LogP contribution in [0.2, 0.25) is 0 Å². The average Bonchev–Trinajstić information content (AvgIpc) is 2.18. The van der Waals surface area contributed by atoms with Crippen LogP contribution in [0.1, 0.15) is 26.0 Å². The molecule has 0 bridgehead atoms. The molecular formula is C10H15NOS. The van der Waals surface area contributed by atoms with Crippen LogP contribution in [0.3, 0.4) is 0 Å². The van der Waals surface area contributed by atoms with E-state index in [1.54, 1.807) is 11.8 Å². The summed E-state index contributed by atoms with van der Waals surface area (Å²) in [4.78, 5) is 4.29. The number of aliphatic hydroxyl groups excluding tert-OH is 1. The molecule has 72 valence electrons. The van der Waals surface area contributed by atoms with Crippen molar-refractivity contribution < 1.29 is 5.11 Å². The molecule has 1 aromatic heterocycles. The lowest BCUT2D eigenvalue weighted by molar-refractivity contribution is 0.276. The van der Waals surface area contributed by atoms with E-state index in [0.29, 0.717) is 5.25 Å². The van der Waals surface area contributed by atoms with Crippen molar-refractivity contribution in [2.75, 3.05) is 0 Å². The van der Waals surface area contributed by atoms with Crippen molar-refractivity contribution in [3.63, 3.8) is 0 Å². The van der Waals surface area contributed by atoms with Crippen molar-refractivity contribution in [1.29, 1.82) is 0 Å². The molecule has 0 aliphatic rings. The van der Waals surface area contributed by atoms with Crippen LogP contribution in [0.25, 0.3) is 0 Å². The maximum Gasteiger partial charge on any atom is 0.0966 e. The van der Waals surface area contributed by atoms with Gasteiger partial charge in [0.15, 0.2) is 0 Å². The van der Waals surface area contributed by atoms with Crippen LogP contribution in [-0.4, -0.2) is 15.3 Å². The van der Waals surface area contributed by atoms with Gasteiger partial charge in [0.2, 0.25) is 0 Å². The lowest BCUT2D eigenvalue weighted by Gasteiger charge is -2.07. The molecule has 0 spiro atoms. The number of hydrogen-bond donors (Lipinski definition) is 1. The van der Waals surface area contributed by atoms with E-state index in [0.717, 1.165) is 17.1 Å². The second-order valence-corrected chi connectivity index (χ2v) is 4.42. The highest BCUT2D eigenvalue weighted by atomic mass is 32.2. The summed E-state index contributed by atoms with van der Waals surface area (Å²) >= 11 is 1.75. The highest BCUT2D eigenvalue weighted by Crippen LogP contribution is 2.22. The monoisotopic (exact) mass is 197 g/mol. The Morgan fingerprint density at radius 3 is 2.92 bits per heavy atom. The Hall–Kier alpha value is -0.540. The van der Waals surface area contributed by atoms with Crippen LogP contribution in [-0.2, 0) is 6.61 Å². The second-order valence-electron chi connectivity index (χ2n) is 2.96. The maximum atomic E-state index is 8.88. The van der Waals surface area contributed by atoms with E-state index in [-0.39, 0.29) is 6.61 Å². The Kier molecular flexibility index (Phi) is 4.25. The minimum absolute atomic E-state index is 0.0227. The first-order valence-electron chi connectivity index (χ1n) is 4.49. The smallest absolute Gasteiger partial charge is 0.0966 e. The molecule has 1 atom stereocenters. The van der Waals surface area contributed by atoms with Gasteiger partial charge in [-0.3, -0.25) is 0 Å². The molecule has 1 aromatic rings. The van der Waals surface area contributed by atoms with E-state index in [1.165, 1.54) is 0 Å². The maximum absolute atomic E-state index is 8.88. The third-order valence-corrected chi connectivity index (χ3v) is 3.04. The highest BCUT2D eigenvalue weighted by Gasteiger charge is 2.02. The summed E-state index contributed by atoms with van der Waals surface area (Å²) in [6.45, 7) is 4.36. The van der Waals surface area contributed by atoms with Gasteiger partial charge in [0.25, 0.3) is 0 Å². The molecule has 2 nitrogen and oxygen atoms in total. The zero-order valence-corrected chi connectivity index (χ0v) is 8.84. The highest BCUT2D eigenvalue weighted by molar-refractivity contribution is 7.99. The summed E-state index contributed by atoms with van der Waals surface area (Å²) in [5, 5.41) is 10.5. The van der Waals surface area contributed by atoms with Crippen molar-refractivity contribution in [3.05, 3.63) is 23.9 Å². The van der Waals surface area contributed by atoms with E-state index in [9.17, 15) is 0 Å². The van der Waals surface area contributed by atoms with E-state index in [2.05, 4.69) is 18.8 Å². The number of thioether (sulfide) groups is 1. The molecule has 0 fully saturated rings. The molecule has 0 aromatic carbocycles. The van der Waals surface area contributed by atoms with Crippen LogP contribution in [0, 0.1) is 0 Å². The Labute approximate surface area is 83.4 Å². The van der Waals surface area contributed by atoms with Crippen molar-refractivity contribution >= 4 is 11.8 Å². The van der Waals surface area contributed by atoms with Crippen LogP contribution in [0.4, 0.5) is 0 Å². The zero-order chi connectivity index (χ0) is 9.68. The molecule has 0 saturated carbocycles. The molecule has 0 amide bonds. The zero-order valence-electron chi connectivity index (χ0n) is 8.03. The fourth-order valence-corrected chi connectivity index (χ4v) is 1.81. The van der Waals surface area contributed by atoms with Gasteiger partial charge in [-0.25, -0.2) is 4.98 Å². The Bertz CT molecular complexity index is 265. The molecule has 1 heterocycles. The number of nitrogens with zero attached hydrogens (tertiary/aromatic N) is 1. The number of aromatic nitrogens is 1. The lowest BCUT2D eigenvalue weighted by Crippen LogP contribution is -1.95. The molecule has 1 N–H and O–H groups in total. The lowest BCUT2D eigenvalue weighted by atomic mass is 10.4. The Morgan fingerprint density at radius 1 is 1.54 bits per heavy atom. The standard InChI is InChI=1S/C10H15NOS/c1-3-8(2)13-10-6-4-5-9(7-12)11-10/h4-6,8,12H,3,7H2,1-2H3/t8-/m1/s1. The van der Waals surface area contributed by atoms with E-state index in [4.69, 9.17) is 5.11 Å². The Balaban J connectivity index is 2.66. The summed E-state index contributed by atoms with van der Waals surface area (Å²) in [6.07, 6.45) is 1.13. The molecule has 0 saturated heterocycles. The SMILES string of the molecule is CC[C@@H](C)Sc1cccc(CO)n1. The molecule has 0 aliphatic heterocycles. The molecule has 3 heteroatoms. The summed E-state index contributed by atoms with van der Waals surface area (Å²) in [7, 11) is 0. The van der Waals surface area contributed by atoms with Crippen molar-refractivity contribution in [2.45, 2.75) is 37.2 Å². The quantitative estimate of drug-likeness (QED) is 0.753. The largest absolute Gasteiger partial charge is 0.390 e. The van der Waals surface area contributed by atoms with Gasteiger partial charge in [0, 0.05) is 5.25 Å². The van der Waals surface area contributed by atoms with Gasteiger partial charge in [-0.05, 0) is 18.6 Å². The third kappa shape index (κ3) is 3.36. The predicted octanol–water partition coefficient (Wildman–Crippen LogP) is 2.46.